The van der Waals surface area contributed by atoms with Crippen LogP contribution in [0.4, 0.5) is 10.1 Å². The van der Waals surface area contributed by atoms with Gasteiger partial charge in [0.05, 0.1) is 13.2 Å². The number of aromatic nitrogens is 2. The van der Waals surface area contributed by atoms with Gasteiger partial charge in [0.1, 0.15) is 35.7 Å². The number of carbonyl (C=O) groups excluding carboxylic acids is 2. The maximum absolute atomic E-state index is 13.1. The van der Waals surface area contributed by atoms with Crippen molar-refractivity contribution in [3.05, 3.63) is 108 Å². The summed E-state index contributed by atoms with van der Waals surface area (Å²) in [4.78, 5) is 29.9. The van der Waals surface area contributed by atoms with Gasteiger partial charge in [-0.1, -0.05) is 30.3 Å². The highest BCUT2D eigenvalue weighted by molar-refractivity contribution is 5.97. The number of nitrogens with zero attached hydrogens (tertiary/aromatic N) is 2. The maximum atomic E-state index is 13.1. The molecule has 3 aromatic carbocycles. The van der Waals surface area contributed by atoms with E-state index < -0.39 is 11.9 Å². The van der Waals surface area contributed by atoms with Gasteiger partial charge >= 0.3 is 0 Å². The van der Waals surface area contributed by atoms with Crippen LogP contribution < -0.4 is 15.4 Å². The van der Waals surface area contributed by atoms with Gasteiger partial charge in [0.15, 0.2) is 0 Å². The molecule has 0 fully saturated rings. The molecule has 9 heteroatoms. The third-order valence-electron chi connectivity index (χ3n) is 5.46. The average molecular weight is 503 g/mol. The second-order valence-corrected chi connectivity index (χ2v) is 8.29. The minimum absolute atomic E-state index is 0.0128. The van der Waals surface area contributed by atoms with Crippen LogP contribution in [0, 0.1) is 12.7 Å². The molecule has 2 N–H and O–H groups in total. The number of imidazole rings is 1. The van der Waals surface area contributed by atoms with Crippen LogP contribution in [0.3, 0.4) is 0 Å². The molecule has 190 valence electrons. The number of carbonyl (C=O) groups is 2. The third kappa shape index (κ3) is 7.74. The van der Waals surface area contributed by atoms with Crippen LogP contribution in [-0.2, 0) is 27.5 Å². The molecule has 0 aliphatic carbocycles. The molecule has 4 rings (SSSR count). The summed E-state index contributed by atoms with van der Waals surface area (Å²) in [6.07, 6.45) is 3.31. The Bertz CT molecular complexity index is 1310. The lowest BCUT2D eigenvalue weighted by atomic mass is 10.2. The first-order chi connectivity index (χ1) is 18.0. The van der Waals surface area contributed by atoms with Gasteiger partial charge in [-0.05, 0) is 61.0 Å². The highest BCUT2D eigenvalue weighted by Gasteiger charge is 2.22. The number of benzene rings is 3. The molecular weight excluding hydrogens is 475 g/mol. The summed E-state index contributed by atoms with van der Waals surface area (Å²) in [7, 11) is 0. The smallest absolute Gasteiger partial charge is 0.249 e. The molecule has 0 saturated heterocycles. The number of aryl methyl sites for hydroxylation is 1. The van der Waals surface area contributed by atoms with Crippen molar-refractivity contribution in [2.75, 3.05) is 11.9 Å². The quantitative estimate of drug-likeness (QED) is 0.316. The van der Waals surface area contributed by atoms with E-state index in [1.165, 1.54) is 24.3 Å². The third-order valence-corrected chi connectivity index (χ3v) is 5.46. The van der Waals surface area contributed by atoms with Crippen LogP contribution in [0.25, 0.3) is 0 Å². The van der Waals surface area contributed by atoms with Crippen molar-refractivity contribution in [1.29, 1.82) is 0 Å². The number of halogens is 1. The fraction of sp³-hybridized carbons (Fsp3) is 0.179. The van der Waals surface area contributed by atoms with Gasteiger partial charge in [-0.2, -0.15) is 0 Å². The van der Waals surface area contributed by atoms with Gasteiger partial charge in [-0.15, -0.1) is 0 Å². The van der Waals surface area contributed by atoms with E-state index in [1.807, 2.05) is 30.3 Å². The zero-order valence-corrected chi connectivity index (χ0v) is 20.3. The lowest BCUT2D eigenvalue weighted by molar-refractivity contribution is -0.128. The van der Waals surface area contributed by atoms with Crippen molar-refractivity contribution in [2.24, 2.45) is 0 Å². The van der Waals surface area contributed by atoms with Crippen molar-refractivity contribution in [2.45, 2.75) is 26.1 Å². The maximum Gasteiger partial charge on any atom is 0.249 e. The summed E-state index contributed by atoms with van der Waals surface area (Å²) >= 11 is 0. The topological polar surface area (TPSA) is 94.5 Å². The monoisotopic (exact) mass is 502 g/mol. The van der Waals surface area contributed by atoms with Crippen molar-refractivity contribution in [3.63, 3.8) is 0 Å². The summed E-state index contributed by atoms with van der Waals surface area (Å²) in [6, 6.07) is 21.0. The molecule has 0 radical (unpaired) electrons. The SMILES string of the molecule is Cc1nccn1CC(=O)NC(COCc1ccccc1)C(=O)Nc1ccc(Oc2ccc(F)cc2)cc1. The van der Waals surface area contributed by atoms with Crippen LogP contribution >= 0.6 is 0 Å². The summed E-state index contributed by atoms with van der Waals surface area (Å²) < 4.78 is 26.2. The van der Waals surface area contributed by atoms with E-state index in [0.717, 1.165) is 5.56 Å². The molecule has 4 aromatic rings. The van der Waals surface area contributed by atoms with Gasteiger partial charge in [-0.25, -0.2) is 9.37 Å². The summed E-state index contributed by atoms with van der Waals surface area (Å²) in [5.74, 6) is 0.601. The summed E-state index contributed by atoms with van der Waals surface area (Å²) in [5.41, 5.74) is 1.47. The van der Waals surface area contributed by atoms with E-state index in [4.69, 9.17) is 9.47 Å². The molecule has 1 unspecified atom stereocenters. The molecule has 0 aliphatic rings. The van der Waals surface area contributed by atoms with Gasteiger partial charge in [0, 0.05) is 18.1 Å². The van der Waals surface area contributed by atoms with Gasteiger partial charge < -0.3 is 24.7 Å². The fourth-order valence-electron chi connectivity index (χ4n) is 3.49. The lowest BCUT2D eigenvalue weighted by Gasteiger charge is -2.19. The molecule has 37 heavy (non-hydrogen) atoms. The highest BCUT2D eigenvalue weighted by atomic mass is 19.1. The number of rotatable bonds is 11. The molecule has 1 aromatic heterocycles. The Hall–Kier alpha value is -4.50. The summed E-state index contributed by atoms with van der Waals surface area (Å²) in [6.45, 7) is 2.12. The minimum atomic E-state index is -0.921. The normalized spacial score (nSPS) is 11.5. The fourth-order valence-corrected chi connectivity index (χ4v) is 3.49. The Morgan fingerprint density at radius 3 is 2.30 bits per heavy atom. The van der Waals surface area contributed by atoms with E-state index in [9.17, 15) is 14.0 Å². The molecule has 0 bridgehead atoms. The number of nitrogens with one attached hydrogen (secondary N) is 2. The number of amides is 2. The second-order valence-electron chi connectivity index (χ2n) is 8.29. The van der Waals surface area contributed by atoms with Gasteiger partial charge in [0.2, 0.25) is 11.8 Å². The van der Waals surface area contributed by atoms with E-state index in [-0.39, 0.29) is 24.9 Å². The summed E-state index contributed by atoms with van der Waals surface area (Å²) in [5, 5.41) is 5.56. The molecule has 0 aliphatic heterocycles. The highest BCUT2D eigenvalue weighted by Crippen LogP contribution is 2.23. The van der Waals surface area contributed by atoms with Crippen LogP contribution in [0.15, 0.2) is 91.3 Å². The first-order valence-electron chi connectivity index (χ1n) is 11.7. The van der Waals surface area contributed by atoms with E-state index in [2.05, 4.69) is 15.6 Å². The molecule has 2 amide bonds. The Morgan fingerprint density at radius 2 is 1.65 bits per heavy atom. The van der Waals surface area contributed by atoms with E-state index in [0.29, 0.717) is 29.6 Å². The lowest BCUT2D eigenvalue weighted by Crippen LogP contribution is -2.47. The van der Waals surface area contributed by atoms with Crippen LogP contribution in [0.2, 0.25) is 0 Å². The Morgan fingerprint density at radius 1 is 0.973 bits per heavy atom. The zero-order valence-electron chi connectivity index (χ0n) is 20.3. The van der Waals surface area contributed by atoms with Crippen LogP contribution in [0.5, 0.6) is 11.5 Å². The first-order valence-corrected chi connectivity index (χ1v) is 11.7. The minimum Gasteiger partial charge on any atom is -0.457 e. The van der Waals surface area contributed by atoms with Gasteiger partial charge in [-0.3, -0.25) is 9.59 Å². The second kappa shape index (κ2) is 12.5. The first kappa shape index (κ1) is 25.6. The Labute approximate surface area is 214 Å². The van der Waals surface area contributed by atoms with Crippen molar-refractivity contribution in [3.8, 4) is 11.5 Å². The zero-order chi connectivity index (χ0) is 26.0. The number of hydrogen-bond acceptors (Lipinski definition) is 5. The van der Waals surface area contributed by atoms with Crippen molar-refractivity contribution < 1.29 is 23.5 Å². The largest absolute Gasteiger partial charge is 0.457 e. The van der Waals surface area contributed by atoms with E-state index >= 15 is 0 Å². The van der Waals surface area contributed by atoms with E-state index in [1.54, 1.807) is 48.1 Å². The van der Waals surface area contributed by atoms with Crippen molar-refractivity contribution >= 4 is 17.5 Å². The van der Waals surface area contributed by atoms with Crippen LogP contribution in [-0.4, -0.2) is 34.0 Å². The predicted octanol–water partition coefficient (Wildman–Crippen LogP) is 4.46. The Balaban J connectivity index is 1.38. The number of ether oxygens (including phenoxy) is 2. The standard InChI is InChI=1S/C28H27FN4O4/c1-20-30-15-16-33(20)17-27(34)32-26(19-36-18-21-5-3-2-4-6-21)28(35)31-23-9-13-25(14-10-23)37-24-11-7-22(29)8-12-24/h2-16,26H,17-19H2,1H3,(H,31,35)(H,32,34). The van der Waals surface area contributed by atoms with Crippen LogP contribution in [0.1, 0.15) is 11.4 Å². The molecule has 0 saturated carbocycles. The van der Waals surface area contributed by atoms with Gasteiger partial charge in [0.25, 0.3) is 0 Å². The molecular formula is C28H27FN4O4. The molecule has 1 heterocycles. The molecule has 8 nitrogen and oxygen atoms in total. The average Bonchev–Trinajstić information content (AvgIpc) is 3.30. The predicted molar refractivity (Wildman–Crippen MR) is 137 cm³/mol. The number of hydrogen-bond donors (Lipinski definition) is 2. The molecule has 1 atom stereocenters. The molecule has 0 spiro atoms. The number of anilines is 1. The van der Waals surface area contributed by atoms with Crippen molar-refractivity contribution in [1.82, 2.24) is 14.9 Å². The Kier molecular flexibility index (Phi) is 8.62.